The molecule has 0 amide bonds. The lowest BCUT2D eigenvalue weighted by Crippen LogP contribution is -2.49. The first-order valence-corrected chi connectivity index (χ1v) is 4.53. The summed E-state index contributed by atoms with van der Waals surface area (Å²) in [6.07, 6.45) is -0.402. The summed E-state index contributed by atoms with van der Waals surface area (Å²) in [7, 11) is 0. The van der Waals surface area contributed by atoms with Gasteiger partial charge >= 0.3 is 0 Å². The molecule has 0 bridgehead atoms. The molecule has 78 valence electrons. The number of alkyl halides is 2. The molecule has 0 aromatic rings. The van der Waals surface area contributed by atoms with Crippen LogP contribution in [0, 0.1) is 0 Å². The van der Waals surface area contributed by atoms with Crippen molar-refractivity contribution in [3.63, 3.8) is 0 Å². The highest BCUT2D eigenvalue weighted by molar-refractivity contribution is 4.87. The monoisotopic (exact) mass is 194 g/mol. The van der Waals surface area contributed by atoms with E-state index in [2.05, 4.69) is 5.32 Å². The maximum atomic E-state index is 11.6. The van der Waals surface area contributed by atoms with Gasteiger partial charge in [0.25, 0.3) is 6.43 Å². The van der Waals surface area contributed by atoms with Gasteiger partial charge in [-0.25, -0.2) is 8.78 Å². The van der Waals surface area contributed by atoms with Crippen LogP contribution in [0.1, 0.15) is 12.8 Å². The van der Waals surface area contributed by atoms with Gasteiger partial charge in [-0.05, 0) is 12.8 Å². The van der Waals surface area contributed by atoms with Crippen LogP contribution in [-0.4, -0.2) is 38.3 Å². The highest BCUT2D eigenvalue weighted by Crippen LogP contribution is 2.16. The van der Waals surface area contributed by atoms with E-state index in [4.69, 9.17) is 10.5 Å². The number of hydrogen-bond acceptors (Lipinski definition) is 3. The quantitative estimate of drug-likeness (QED) is 0.600. The van der Waals surface area contributed by atoms with Crippen LogP contribution >= 0.6 is 0 Å². The van der Waals surface area contributed by atoms with Gasteiger partial charge in [0, 0.05) is 18.6 Å². The first kappa shape index (κ1) is 10.8. The lowest BCUT2D eigenvalue weighted by Gasteiger charge is -2.33. The van der Waals surface area contributed by atoms with Crippen molar-refractivity contribution in [2.75, 3.05) is 19.8 Å². The van der Waals surface area contributed by atoms with Crippen molar-refractivity contribution in [1.29, 1.82) is 0 Å². The highest BCUT2D eigenvalue weighted by Gasteiger charge is 2.24. The molecule has 0 aromatic carbocycles. The molecule has 0 unspecified atom stereocenters. The molecule has 3 N–H and O–H groups in total. The molecule has 0 radical (unpaired) electrons. The summed E-state index contributed by atoms with van der Waals surface area (Å²) in [6.45, 7) is 0.506. The molecule has 5 heteroatoms. The maximum absolute atomic E-state index is 11.6. The molecule has 0 aliphatic heterocycles. The first-order chi connectivity index (χ1) is 6.18. The Bertz CT molecular complexity index is 140. The molecule has 0 atom stereocenters. The van der Waals surface area contributed by atoms with E-state index in [-0.39, 0.29) is 0 Å². The predicted molar refractivity (Wildman–Crippen MR) is 45.8 cm³/mol. The van der Waals surface area contributed by atoms with Gasteiger partial charge in [-0.15, -0.1) is 0 Å². The average molecular weight is 194 g/mol. The van der Waals surface area contributed by atoms with Gasteiger partial charge in [-0.1, -0.05) is 0 Å². The third kappa shape index (κ3) is 4.50. The largest absolute Gasteiger partial charge is 0.374 e. The number of hydrogen-bond donors (Lipinski definition) is 2. The van der Waals surface area contributed by atoms with Gasteiger partial charge < -0.3 is 15.8 Å². The zero-order valence-electron chi connectivity index (χ0n) is 7.51. The van der Waals surface area contributed by atoms with E-state index in [0.29, 0.717) is 25.2 Å². The second kappa shape index (κ2) is 5.47. The second-order valence-corrected chi connectivity index (χ2v) is 3.35. The Morgan fingerprint density at radius 1 is 1.46 bits per heavy atom. The molecule has 0 spiro atoms. The number of nitrogens with one attached hydrogen (secondary N) is 1. The van der Waals surface area contributed by atoms with E-state index in [9.17, 15) is 8.78 Å². The fourth-order valence-electron chi connectivity index (χ4n) is 1.34. The zero-order valence-corrected chi connectivity index (χ0v) is 7.51. The van der Waals surface area contributed by atoms with Crippen LogP contribution in [0.25, 0.3) is 0 Å². The summed E-state index contributed by atoms with van der Waals surface area (Å²) in [4.78, 5) is 0. The molecule has 0 aromatic heterocycles. The fourth-order valence-corrected chi connectivity index (χ4v) is 1.34. The van der Waals surface area contributed by atoms with E-state index >= 15 is 0 Å². The lowest BCUT2D eigenvalue weighted by molar-refractivity contribution is 0.0174. The Labute approximate surface area is 76.6 Å². The van der Waals surface area contributed by atoms with Crippen molar-refractivity contribution in [3.8, 4) is 0 Å². The summed E-state index contributed by atoms with van der Waals surface area (Å²) >= 11 is 0. The molecule has 3 nitrogen and oxygen atoms in total. The normalized spacial score (nSPS) is 27.7. The second-order valence-electron chi connectivity index (χ2n) is 3.35. The van der Waals surface area contributed by atoms with Crippen LogP contribution in [0.4, 0.5) is 8.78 Å². The van der Waals surface area contributed by atoms with Crippen molar-refractivity contribution in [2.24, 2.45) is 5.73 Å². The van der Waals surface area contributed by atoms with Gasteiger partial charge in [0.15, 0.2) is 0 Å². The molecular weight excluding hydrogens is 178 g/mol. The summed E-state index contributed by atoms with van der Waals surface area (Å²) in [5, 5.41) is 3.17. The van der Waals surface area contributed by atoms with Crippen LogP contribution < -0.4 is 11.1 Å². The van der Waals surface area contributed by atoms with E-state index < -0.39 is 13.0 Å². The summed E-state index contributed by atoms with van der Waals surface area (Å²) in [6, 6.07) is 0.782. The summed E-state index contributed by atoms with van der Waals surface area (Å²) in [5.41, 5.74) is 5.57. The minimum absolute atomic E-state index is 0.319. The minimum Gasteiger partial charge on any atom is -0.374 e. The van der Waals surface area contributed by atoms with E-state index in [1.165, 1.54) is 0 Å². The molecular formula is C8H16F2N2O. The number of ether oxygens (including phenoxy) is 1. The van der Waals surface area contributed by atoms with E-state index in [1.54, 1.807) is 0 Å². The molecule has 0 heterocycles. The molecule has 1 fully saturated rings. The molecule has 1 rings (SSSR count). The van der Waals surface area contributed by atoms with E-state index in [0.717, 1.165) is 12.8 Å². The Hall–Kier alpha value is -0.260. The Morgan fingerprint density at radius 2 is 2.15 bits per heavy atom. The molecule has 13 heavy (non-hydrogen) atoms. The molecule has 1 saturated carbocycles. The molecule has 1 aliphatic rings. The SMILES string of the molecule is NC1CC(NCCOCC(F)F)C1. The van der Waals surface area contributed by atoms with Gasteiger partial charge in [0.1, 0.15) is 6.61 Å². The summed E-state index contributed by atoms with van der Waals surface area (Å²) in [5.74, 6) is 0. The van der Waals surface area contributed by atoms with Gasteiger partial charge in [-0.3, -0.25) is 0 Å². The van der Waals surface area contributed by atoms with Crippen LogP contribution in [-0.2, 0) is 4.74 Å². The van der Waals surface area contributed by atoms with Gasteiger partial charge in [0.05, 0.1) is 6.61 Å². The van der Waals surface area contributed by atoms with E-state index in [1.807, 2.05) is 0 Å². The predicted octanol–water partition coefficient (Wildman–Crippen LogP) is 0.347. The molecule has 1 aliphatic carbocycles. The topological polar surface area (TPSA) is 47.3 Å². The standard InChI is InChI=1S/C8H16F2N2O/c9-8(10)5-13-2-1-12-7-3-6(11)4-7/h6-8,12H,1-5,11H2. The van der Waals surface area contributed by atoms with Crippen LogP contribution in [0.5, 0.6) is 0 Å². The zero-order chi connectivity index (χ0) is 9.68. The third-order valence-corrected chi connectivity index (χ3v) is 2.10. The number of nitrogens with two attached hydrogens (primary N) is 1. The first-order valence-electron chi connectivity index (χ1n) is 4.53. The fraction of sp³-hybridized carbons (Fsp3) is 1.00. The van der Waals surface area contributed by atoms with Gasteiger partial charge in [-0.2, -0.15) is 0 Å². The summed E-state index contributed by atoms with van der Waals surface area (Å²) < 4.78 is 27.9. The van der Waals surface area contributed by atoms with Crippen molar-refractivity contribution < 1.29 is 13.5 Å². The van der Waals surface area contributed by atoms with Crippen LogP contribution in [0.3, 0.4) is 0 Å². The third-order valence-electron chi connectivity index (χ3n) is 2.10. The van der Waals surface area contributed by atoms with Crippen molar-refractivity contribution in [1.82, 2.24) is 5.32 Å². The van der Waals surface area contributed by atoms with Crippen molar-refractivity contribution >= 4 is 0 Å². The smallest absolute Gasteiger partial charge is 0.261 e. The average Bonchev–Trinajstić information content (AvgIpc) is 1.99. The van der Waals surface area contributed by atoms with Gasteiger partial charge in [0.2, 0.25) is 0 Å². The maximum Gasteiger partial charge on any atom is 0.261 e. The molecule has 0 saturated heterocycles. The number of halogens is 2. The van der Waals surface area contributed by atoms with Crippen LogP contribution in [0.2, 0.25) is 0 Å². The highest BCUT2D eigenvalue weighted by atomic mass is 19.3. The number of rotatable bonds is 6. The Morgan fingerprint density at radius 3 is 2.69 bits per heavy atom. The Balaban J connectivity index is 1.79. The van der Waals surface area contributed by atoms with Crippen molar-refractivity contribution in [2.45, 2.75) is 31.4 Å². The Kier molecular flexibility index (Phi) is 4.55. The van der Waals surface area contributed by atoms with Crippen molar-refractivity contribution in [3.05, 3.63) is 0 Å². The minimum atomic E-state index is -2.36. The lowest BCUT2D eigenvalue weighted by atomic mass is 9.88. The van der Waals surface area contributed by atoms with Crippen LogP contribution in [0.15, 0.2) is 0 Å².